The van der Waals surface area contributed by atoms with E-state index >= 15 is 0 Å². The van der Waals surface area contributed by atoms with Crippen LogP contribution in [0.15, 0.2) is 42.5 Å². The minimum Gasteiger partial charge on any atom is -0.482 e. The van der Waals surface area contributed by atoms with Crippen molar-refractivity contribution in [1.29, 1.82) is 0 Å². The van der Waals surface area contributed by atoms with Crippen molar-refractivity contribution in [2.24, 2.45) is 0 Å². The first kappa shape index (κ1) is 24.0. The third-order valence-corrected chi connectivity index (χ3v) is 4.60. The monoisotopic (exact) mass is 447 g/mol. The van der Waals surface area contributed by atoms with E-state index in [0.717, 1.165) is 0 Å². The van der Waals surface area contributed by atoms with Crippen LogP contribution in [0.25, 0.3) is 0 Å². The summed E-state index contributed by atoms with van der Waals surface area (Å²) in [6.07, 6.45) is -0.595. The number of halogens is 1. The van der Waals surface area contributed by atoms with Gasteiger partial charge in [0, 0.05) is 30.0 Å². The second-order valence-corrected chi connectivity index (χ2v) is 6.79. The number of nitrogens with zero attached hydrogens (tertiary/aromatic N) is 1. The summed E-state index contributed by atoms with van der Waals surface area (Å²) in [6, 6.07) is 11.2. The number of hydrogen-bond donors (Lipinski definition) is 2. The lowest BCUT2D eigenvalue weighted by Gasteiger charge is -2.19. The highest BCUT2D eigenvalue weighted by Gasteiger charge is 2.13. The van der Waals surface area contributed by atoms with E-state index in [-0.39, 0.29) is 30.1 Å². The maximum Gasteiger partial charge on any atom is 0.411 e. The van der Waals surface area contributed by atoms with Gasteiger partial charge in [-0.15, -0.1) is 0 Å². The first-order valence-electron chi connectivity index (χ1n) is 9.93. The Labute approximate surface area is 186 Å². The highest BCUT2D eigenvalue weighted by molar-refractivity contribution is 6.32. The number of anilines is 2. The second kappa shape index (κ2) is 11.8. The Balaban J connectivity index is 2.00. The number of ether oxygens (including phenoxy) is 2. The molecule has 0 heterocycles. The van der Waals surface area contributed by atoms with Gasteiger partial charge in [0.25, 0.3) is 11.8 Å². The molecule has 0 bridgehead atoms. The number of nitrogens with one attached hydrogen (secondary N) is 2. The van der Waals surface area contributed by atoms with E-state index in [2.05, 4.69) is 10.6 Å². The first-order chi connectivity index (χ1) is 14.9. The van der Waals surface area contributed by atoms with Crippen LogP contribution in [0.1, 0.15) is 31.1 Å². The Morgan fingerprint density at radius 3 is 2.32 bits per heavy atom. The van der Waals surface area contributed by atoms with Gasteiger partial charge in [-0.3, -0.25) is 14.9 Å². The molecule has 2 N–H and O–H groups in total. The molecule has 31 heavy (non-hydrogen) atoms. The van der Waals surface area contributed by atoms with Gasteiger partial charge < -0.3 is 19.7 Å². The van der Waals surface area contributed by atoms with Crippen molar-refractivity contribution in [3.8, 4) is 5.75 Å². The van der Waals surface area contributed by atoms with Crippen LogP contribution in [0.3, 0.4) is 0 Å². The number of carbonyl (C=O) groups is 3. The quantitative estimate of drug-likeness (QED) is 0.593. The zero-order valence-corrected chi connectivity index (χ0v) is 18.5. The summed E-state index contributed by atoms with van der Waals surface area (Å²) in [4.78, 5) is 37.8. The van der Waals surface area contributed by atoms with Crippen molar-refractivity contribution >= 4 is 40.9 Å². The van der Waals surface area contributed by atoms with E-state index in [1.165, 1.54) is 12.1 Å². The Morgan fingerprint density at radius 1 is 0.968 bits per heavy atom. The van der Waals surface area contributed by atoms with Gasteiger partial charge in [-0.2, -0.15) is 0 Å². The number of benzene rings is 2. The molecule has 2 rings (SSSR count). The Hall–Kier alpha value is -3.26. The van der Waals surface area contributed by atoms with Gasteiger partial charge in [-0.05, 0) is 57.2 Å². The largest absolute Gasteiger partial charge is 0.482 e. The highest BCUT2D eigenvalue weighted by Crippen LogP contribution is 2.28. The van der Waals surface area contributed by atoms with Crippen molar-refractivity contribution < 1.29 is 23.9 Å². The number of rotatable bonds is 9. The zero-order valence-electron chi connectivity index (χ0n) is 17.7. The molecule has 0 aliphatic carbocycles. The topological polar surface area (TPSA) is 97.0 Å². The van der Waals surface area contributed by atoms with Gasteiger partial charge in [-0.25, -0.2) is 4.79 Å². The first-order valence-corrected chi connectivity index (χ1v) is 10.3. The molecule has 0 aromatic heterocycles. The van der Waals surface area contributed by atoms with Crippen LogP contribution in [0, 0.1) is 0 Å². The molecule has 0 saturated heterocycles. The van der Waals surface area contributed by atoms with Gasteiger partial charge in [0.2, 0.25) is 0 Å². The number of likely N-dealkylation sites (N-methyl/N-ethyl adjacent to an activating group) is 1. The second-order valence-electron chi connectivity index (χ2n) is 6.38. The van der Waals surface area contributed by atoms with Crippen LogP contribution in [0.4, 0.5) is 16.2 Å². The van der Waals surface area contributed by atoms with E-state index in [9.17, 15) is 14.4 Å². The molecule has 166 valence electrons. The Bertz CT molecular complexity index is 931. The fraction of sp³-hybridized carbons (Fsp3) is 0.318. The summed E-state index contributed by atoms with van der Waals surface area (Å²) in [5, 5.41) is 5.55. The summed E-state index contributed by atoms with van der Waals surface area (Å²) in [5.41, 5.74) is 1.24. The third-order valence-electron chi connectivity index (χ3n) is 4.30. The summed E-state index contributed by atoms with van der Waals surface area (Å²) >= 11 is 6.24. The minimum atomic E-state index is -0.595. The Morgan fingerprint density at radius 2 is 1.68 bits per heavy atom. The van der Waals surface area contributed by atoms with Crippen LogP contribution < -0.4 is 15.4 Å². The van der Waals surface area contributed by atoms with E-state index in [0.29, 0.717) is 35.8 Å². The van der Waals surface area contributed by atoms with Gasteiger partial charge in [-0.1, -0.05) is 17.7 Å². The van der Waals surface area contributed by atoms with Crippen LogP contribution in [0.2, 0.25) is 5.02 Å². The number of hydrogen-bond acceptors (Lipinski definition) is 5. The highest BCUT2D eigenvalue weighted by atomic mass is 35.5. The maximum atomic E-state index is 12.6. The summed E-state index contributed by atoms with van der Waals surface area (Å²) < 4.78 is 10.3. The molecule has 0 saturated carbocycles. The lowest BCUT2D eigenvalue weighted by atomic mass is 10.2. The van der Waals surface area contributed by atoms with Crippen molar-refractivity contribution in [1.82, 2.24) is 4.90 Å². The summed E-state index contributed by atoms with van der Waals surface area (Å²) in [5.74, 6) is -0.162. The van der Waals surface area contributed by atoms with E-state index in [1.807, 2.05) is 13.8 Å². The molecule has 0 spiro atoms. The zero-order chi connectivity index (χ0) is 22.8. The average molecular weight is 448 g/mol. The molecule has 0 aliphatic heterocycles. The van der Waals surface area contributed by atoms with E-state index < -0.39 is 6.09 Å². The van der Waals surface area contributed by atoms with E-state index in [4.69, 9.17) is 21.1 Å². The molecule has 9 heteroatoms. The molecule has 0 fully saturated rings. The summed E-state index contributed by atoms with van der Waals surface area (Å²) in [7, 11) is 0. The van der Waals surface area contributed by atoms with Gasteiger partial charge in [0.15, 0.2) is 6.61 Å². The number of carbonyl (C=O) groups excluding carboxylic acids is 3. The van der Waals surface area contributed by atoms with Gasteiger partial charge in [0.1, 0.15) is 5.75 Å². The lowest BCUT2D eigenvalue weighted by molar-refractivity contribution is -0.132. The van der Waals surface area contributed by atoms with Crippen molar-refractivity contribution in [3.05, 3.63) is 53.1 Å². The van der Waals surface area contributed by atoms with Crippen LogP contribution in [0.5, 0.6) is 5.75 Å². The normalized spacial score (nSPS) is 10.2. The maximum absolute atomic E-state index is 12.6. The Kier molecular flexibility index (Phi) is 9.14. The SMILES string of the molecule is CCOC(=O)Nc1cccc(C(=O)Nc2ccc(OCC(=O)N(CC)CC)c(Cl)c2)c1. The summed E-state index contributed by atoms with van der Waals surface area (Å²) in [6.45, 7) is 6.84. The molecule has 0 aliphatic rings. The predicted octanol–water partition coefficient (Wildman–Crippen LogP) is 4.41. The fourth-order valence-electron chi connectivity index (χ4n) is 2.73. The molecular formula is C22H26ClN3O5. The fourth-order valence-corrected chi connectivity index (χ4v) is 2.96. The molecular weight excluding hydrogens is 422 g/mol. The van der Waals surface area contributed by atoms with Crippen molar-refractivity contribution in [2.45, 2.75) is 20.8 Å². The minimum absolute atomic E-state index is 0.118. The molecule has 0 radical (unpaired) electrons. The van der Waals surface area contributed by atoms with Crippen LogP contribution >= 0.6 is 11.6 Å². The average Bonchev–Trinajstić information content (AvgIpc) is 2.74. The molecule has 0 unspecified atom stereocenters. The molecule has 0 atom stereocenters. The van der Waals surface area contributed by atoms with Gasteiger partial charge >= 0.3 is 6.09 Å². The van der Waals surface area contributed by atoms with Gasteiger partial charge in [0.05, 0.1) is 11.6 Å². The molecule has 8 nitrogen and oxygen atoms in total. The lowest BCUT2D eigenvalue weighted by Crippen LogP contribution is -2.34. The smallest absolute Gasteiger partial charge is 0.411 e. The van der Waals surface area contributed by atoms with Crippen molar-refractivity contribution in [2.75, 3.05) is 36.9 Å². The molecule has 2 aromatic rings. The predicted molar refractivity (Wildman–Crippen MR) is 120 cm³/mol. The van der Waals surface area contributed by atoms with E-state index in [1.54, 1.807) is 42.2 Å². The third kappa shape index (κ3) is 7.18. The molecule has 3 amide bonds. The van der Waals surface area contributed by atoms with Crippen LogP contribution in [-0.4, -0.2) is 49.1 Å². The number of amides is 3. The van der Waals surface area contributed by atoms with Crippen molar-refractivity contribution in [3.63, 3.8) is 0 Å². The molecule has 2 aromatic carbocycles. The van der Waals surface area contributed by atoms with Crippen LogP contribution in [-0.2, 0) is 9.53 Å². The standard InChI is InChI=1S/C22H26ClN3O5/c1-4-26(5-2)20(27)14-31-19-11-10-17(13-18(19)23)24-21(28)15-8-7-9-16(12-15)25-22(29)30-6-3/h7-13H,4-6,14H2,1-3H3,(H,24,28)(H,25,29).